The average Bonchev–Trinajstić information content (AvgIpc) is 1.64. The van der Waals surface area contributed by atoms with Gasteiger partial charge in [-0.05, 0) is 46.9 Å². The molecular weight excluding hydrogens is 234 g/mol. The van der Waals surface area contributed by atoms with E-state index in [2.05, 4.69) is 28.7 Å². The normalized spacial score (nSPS) is 9.25. The van der Waals surface area contributed by atoms with E-state index in [0.717, 1.165) is 8.59 Å². The fourth-order valence-corrected chi connectivity index (χ4v) is 1.30. The molecule has 0 N–H and O–H groups in total. The Labute approximate surface area is 67.0 Å². The monoisotopic (exact) mass is 237 g/mol. The van der Waals surface area contributed by atoms with Crippen molar-refractivity contribution in [3.8, 4) is 0 Å². The molecule has 1 rings (SSSR count). The van der Waals surface area contributed by atoms with Gasteiger partial charge in [-0.3, -0.25) is 0 Å². The van der Waals surface area contributed by atoms with Crippen LogP contribution < -0.4 is 0 Å². The molecule has 0 aromatic heterocycles. The van der Waals surface area contributed by atoms with E-state index >= 15 is 0 Å². The summed E-state index contributed by atoms with van der Waals surface area (Å²) in [5, 5.41) is 0.747. The zero-order valence-corrected chi connectivity index (χ0v) is 6.90. The average molecular weight is 237 g/mol. The Morgan fingerprint density at radius 2 is 2.25 bits per heavy atom. The highest BCUT2D eigenvalue weighted by Gasteiger charge is 1.85. The van der Waals surface area contributed by atoms with Crippen LogP contribution in [-0.2, 0) is 0 Å². The van der Waals surface area contributed by atoms with Gasteiger partial charge < -0.3 is 0 Å². The van der Waals surface area contributed by atoms with Gasteiger partial charge in [0.2, 0.25) is 0 Å². The van der Waals surface area contributed by atoms with E-state index in [9.17, 15) is 0 Å². The Bertz CT molecular complexity index is 168. The minimum absolute atomic E-state index is 0.747. The first-order valence-electron chi connectivity index (χ1n) is 2.11. The quantitative estimate of drug-likeness (QED) is 0.609. The number of hydrogen-bond acceptors (Lipinski definition) is 0. The smallest absolute Gasteiger partial charge is 0.0422 e. The van der Waals surface area contributed by atoms with E-state index in [1.54, 1.807) is 6.07 Å². The van der Waals surface area contributed by atoms with Gasteiger partial charge in [-0.15, -0.1) is 0 Å². The largest absolute Gasteiger partial charge is 0.0843 e. The maximum absolute atomic E-state index is 5.61. The summed E-state index contributed by atoms with van der Waals surface area (Å²) in [6.45, 7) is 0. The first kappa shape index (κ1) is 6.36. The predicted octanol–water partition coefficient (Wildman–Crippen LogP) is 2.74. The van der Waals surface area contributed by atoms with Crippen molar-refractivity contribution in [2.24, 2.45) is 0 Å². The van der Waals surface area contributed by atoms with Crippen molar-refractivity contribution < 1.29 is 0 Å². The van der Waals surface area contributed by atoms with Crippen LogP contribution in [0.4, 0.5) is 0 Å². The molecule has 0 heterocycles. The van der Waals surface area contributed by atoms with Crippen molar-refractivity contribution in [3.63, 3.8) is 0 Å². The maximum atomic E-state index is 5.61. The Balaban J connectivity index is 3.08. The number of benzene rings is 1. The van der Waals surface area contributed by atoms with E-state index in [4.69, 9.17) is 11.6 Å². The highest BCUT2D eigenvalue weighted by Crippen LogP contribution is 2.10. The Morgan fingerprint density at radius 1 is 1.50 bits per heavy atom. The van der Waals surface area contributed by atoms with Crippen molar-refractivity contribution in [3.05, 3.63) is 32.9 Å². The molecule has 2 heteroatoms. The Morgan fingerprint density at radius 3 is 2.62 bits per heavy atom. The molecule has 0 amide bonds. The van der Waals surface area contributed by atoms with E-state index in [0.29, 0.717) is 0 Å². The summed E-state index contributed by atoms with van der Waals surface area (Å²) in [5.74, 6) is 0. The zero-order chi connectivity index (χ0) is 5.98. The molecule has 0 aliphatic carbocycles. The van der Waals surface area contributed by atoms with Crippen molar-refractivity contribution in [2.45, 2.75) is 0 Å². The highest BCUT2D eigenvalue weighted by atomic mass is 127. The number of hydrogen-bond donors (Lipinski definition) is 0. The summed E-state index contributed by atoms with van der Waals surface area (Å²) in [7, 11) is 0. The summed E-state index contributed by atoms with van der Waals surface area (Å²) >= 11 is 7.80. The van der Waals surface area contributed by atoms with Gasteiger partial charge in [0.15, 0.2) is 0 Å². The molecule has 0 fully saturated rings. The van der Waals surface area contributed by atoms with Gasteiger partial charge in [-0.25, -0.2) is 0 Å². The summed E-state index contributed by atoms with van der Waals surface area (Å²) in [6.07, 6.45) is 0. The molecule has 0 bridgehead atoms. The molecule has 1 aromatic carbocycles. The van der Waals surface area contributed by atoms with E-state index in [1.807, 2.05) is 12.1 Å². The van der Waals surface area contributed by atoms with Gasteiger partial charge in [0.1, 0.15) is 0 Å². The van der Waals surface area contributed by atoms with Crippen LogP contribution in [0.5, 0.6) is 0 Å². The van der Waals surface area contributed by atoms with Crippen LogP contribution in [-0.4, -0.2) is 0 Å². The van der Waals surface area contributed by atoms with E-state index in [-0.39, 0.29) is 0 Å². The predicted molar refractivity (Wildman–Crippen MR) is 43.0 cm³/mol. The van der Waals surface area contributed by atoms with Crippen LogP contribution in [0.3, 0.4) is 0 Å². The van der Waals surface area contributed by atoms with Gasteiger partial charge in [0.05, 0.1) is 0 Å². The number of halogens is 2. The lowest BCUT2D eigenvalue weighted by Gasteiger charge is -1.86. The molecule has 0 aliphatic heterocycles. The summed E-state index contributed by atoms with van der Waals surface area (Å²) in [4.78, 5) is 0. The van der Waals surface area contributed by atoms with Crippen LogP contribution in [0.15, 0.2) is 18.2 Å². The fraction of sp³-hybridized carbons (Fsp3) is 0. The Kier molecular flexibility index (Phi) is 2.14. The third kappa shape index (κ3) is 1.63. The van der Waals surface area contributed by atoms with E-state index < -0.39 is 0 Å². The lowest BCUT2D eigenvalue weighted by Crippen LogP contribution is -1.66. The SMILES string of the molecule is Clc1c[c]cc(I)c1. The highest BCUT2D eigenvalue weighted by molar-refractivity contribution is 14.1. The Hall–Kier alpha value is 0.240. The van der Waals surface area contributed by atoms with Crippen molar-refractivity contribution in [1.82, 2.24) is 0 Å². The van der Waals surface area contributed by atoms with Crippen LogP contribution in [0.2, 0.25) is 5.02 Å². The summed E-state index contributed by atoms with van der Waals surface area (Å²) in [5.41, 5.74) is 0. The van der Waals surface area contributed by atoms with Crippen molar-refractivity contribution in [2.75, 3.05) is 0 Å². The third-order valence-corrected chi connectivity index (χ3v) is 1.56. The molecule has 0 saturated carbocycles. The standard InChI is InChI=1S/C6H3ClI/c7-5-2-1-3-6(8)4-5/h2-4H. The van der Waals surface area contributed by atoms with Crippen LogP contribution in [0.25, 0.3) is 0 Å². The summed E-state index contributed by atoms with van der Waals surface area (Å²) < 4.78 is 1.12. The minimum Gasteiger partial charge on any atom is -0.0843 e. The second kappa shape index (κ2) is 2.69. The molecular formula is C6H3ClI. The molecule has 0 unspecified atom stereocenters. The molecule has 0 atom stereocenters. The zero-order valence-electron chi connectivity index (χ0n) is 3.99. The van der Waals surface area contributed by atoms with Crippen LogP contribution >= 0.6 is 34.2 Å². The van der Waals surface area contributed by atoms with Gasteiger partial charge in [-0.1, -0.05) is 11.6 Å². The van der Waals surface area contributed by atoms with Gasteiger partial charge >= 0.3 is 0 Å². The molecule has 0 saturated heterocycles. The third-order valence-electron chi connectivity index (χ3n) is 0.718. The molecule has 0 nitrogen and oxygen atoms in total. The van der Waals surface area contributed by atoms with E-state index in [1.165, 1.54) is 0 Å². The lowest BCUT2D eigenvalue weighted by molar-refractivity contribution is 1.63. The molecule has 0 spiro atoms. The number of rotatable bonds is 0. The molecule has 1 radical (unpaired) electrons. The summed E-state index contributed by atoms with van der Waals surface area (Å²) in [6, 6.07) is 8.40. The lowest BCUT2D eigenvalue weighted by atomic mass is 10.4. The molecule has 1 aromatic rings. The van der Waals surface area contributed by atoms with Gasteiger partial charge in [0, 0.05) is 8.59 Å². The van der Waals surface area contributed by atoms with Crippen molar-refractivity contribution in [1.29, 1.82) is 0 Å². The molecule has 0 aliphatic rings. The van der Waals surface area contributed by atoms with Gasteiger partial charge in [-0.2, -0.15) is 0 Å². The van der Waals surface area contributed by atoms with Crippen LogP contribution in [0, 0.1) is 9.64 Å². The topological polar surface area (TPSA) is 0 Å². The second-order valence-electron chi connectivity index (χ2n) is 1.37. The minimum atomic E-state index is 0.747. The first-order chi connectivity index (χ1) is 3.79. The first-order valence-corrected chi connectivity index (χ1v) is 3.57. The molecule has 8 heavy (non-hydrogen) atoms. The molecule has 41 valence electrons. The second-order valence-corrected chi connectivity index (χ2v) is 3.05. The van der Waals surface area contributed by atoms with Crippen LogP contribution in [0.1, 0.15) is 0 Å². The van der Waals surface area contributed by atoms with Gasteiger partial charge in [0.25, 0.3) is 0 Å². The van der Waals surface area contributed by atoms with Crippen molar-refractivity contribution >= 4 is 34.2 Å². The maximum Gasteiger partial charge on any atom is 0.0422 e. The fourth-order valence-electron chi connectivity index (χ4n) is 0.416.